The summed E-state index contributed by atoms with van der Waals surface area (Å²) < 4.78 is 0. The Hall–Kier alpha value is -1.22. The Balaban J connectivity index is 2.20. The van der Waals surface area contributed by atoms with Crippen molar-refractivity contribution in [1.82, 2.24) is 5.32 Å². The van der Waals surface area contributed by atoms with Crippen LogP contribution < -0.4 is 15.1 Å². The molecule has 1 aliphatic rings. The van der Waals surface area contributed by atoms with Crippen LogP contribution in [0.1, 0.15) is 13.8 Å². The second-order valence-corrected chi connectivity index (χ2v) is 5.17. The van der Waals surface area contributed by atoms with Crippen LogP contribution in [-0.4, -0.2) is 39.3 Å². The van der Waals surface area contributed by atoms with E-state index in [4.69, 9.17) is 0 Å². The molecule has 17 heavy (non-hydrogen) atoms. The Morgan fingerprint density at radius 3 is 2.06 bits per heavy atom. The predicted octanol–water partition coefficient (Wildman–Crippen LogP) is 1.94. The molecule has 2 rings (SSSR count). The molecule has 2 unspecified atom stereocenters. The minimum atomic E-state index is 0.559. The van der Waals surface area contributed by atoms with Crippen LogP contribution in [0.3, 0.4) is 0 Å². The molecule has 1 saturated heterocycles. The normalized spacial score (nSPS) is 24.8. The predicted molar refractivity (Wildman–Crippen MR) is 75.0 cm³/mol. The first-order valence-corrected chi connectivity index (χ1v) is 6.36. The number of nitrogens with one attached hydrogen (secondary N) is 1. The van der Waals surface area contributed by atoms with Gasteiger partial charge in [0.05, 0.1) is 0 Å². The zero-order valence-electron chi connectivity index (χ0n) is 11.3. The van der Waals surface area contributed by atoms with Crippen molar-refractivity contribution in [2.24, 2.45) is 0 Å². The van der Waals surface area contributed by atoms with Gasteiger partial charge in [0, 0.05) is 50.6 Å². The molecule has 1 aromatic rings. The van der Waals surface area contributed by atoms with Crippen molar-refractivity contribution in [3.05, 3.63) is 24.3 Å². The maximum absolute atomic E-state index is 3.46. The standard InChI is InChI=1S/C14H23N3/c1-11-9-15-10-12(2)17(11)14-7-5-13(6-8-14)16(3)4/h5-8,11-12,15H,9-10H2,1-4H3. The molecule has 0 saturated carbocycles. The van der Waals surface area contributed by atoms with Gasteiger partial charge in [-0.05, 0) is 38.1 Å². The third-order valence-corrected chi connectivity index (χ3v) is 3.49. The molecule has 0 amide bonds. The van der Waals surface area contributed by atoms with Gasteiger partial charge in [0.2, 0.25) is 0 Å². The van der Waals surface area contributed by atoms with Crippen molar-refractivity contribution in [2.75, 3.05) is 37.0 Å². The fourth-order valence-corrected chi connectivity index (χ4v) is 2.56. The minimum absolute atomic E-state index is 0.559. The van der Waals surface area contributed by atoms with Crippen molar-refractivity contribution < 1.29 is 0 Å². The maximum atomic E-state index is 3.46. The van der Waals surface area contributed by atoms with E-state index in [-0.39, 0.29) is 0 Å². The van der Waals surface area contributed by atoms with Crippen LogP contribution >= 0.6 is 0 Å². The van der Waals surface area contributed by atoms with Crippen LogP contribution in [0.25, 0.3) is 0 Å². The SMILES string of the molecule is CC1CNCC(C)N1c1ccc(N(C)C)cc1. The number of hydrogen-bond donors (Lipinski definition) is 1. The van der Waals surface area contributed by atoms with E-state index in [0.717, 1.165) is 13.1 Å². The van der Waals surface area contributed by atoms with Gasteiger partial charge in [0.15, 0.2) is 0 Å². The van der Waals surface area contributed by atoms with Crippen LogP contribution in [-0.2, 0) is 0 Å². The lowest BCUT2D eigenvalue weighted by Crippen LogP contribution is -2.55. The topological polar surface area (TPSA) is 18.5 Å². The van der Waals surface area contributed by atoms with E-state index in [9.17, 15) is 0 Å². The van der Waals surface area contributed by atoms with Crippen LogP contribution in [0.15, 0.2) is 24.3 Å². The molecular formula is C14H23N3. The molecule has 0 radical (unpaired) electrons. The van der Waals surface area contributed by atoms with Crippen molar-refractivity contribution >= 4 is 11.4 Å². The van der Waals surface area contributed by atoms with Gasteiger partial charge in [-0.1, -0.05) is 0 Å². The van der Waals surface area contributed by atoms with Crippen molar-refractivity contribution in [2.45, 2.75) is 25.9 Å². The maximum Gasteiger partial charge on any atom is 0.0389 e. The van der Waals surface area contributed by atoms with E-state index in [2.05, 4.69) is 67.3 Å². The van der Waals surface area contributed by atoms with Gasteiger partial charge in [-0.3, -0.25) is 0 Å². The quantitative estimate of drug-likeness (QED) is 0.842. The third-order valence-electron chi connectivity index (χ3n) is 3.49. The van der Waals surface area contributed by atoms with E-state index in [1.807, 2.05) is 0 Å². The lowest BCUT2D eigenvalue weighted by atomic mass is 10.1. The molecule has 3 heteroatoms. The van der Waals surface area contributed by atoms with Crippen molar-refractivity contribution in [3.63, 3.8) is 0 Å². The zero-order chi connectivity index (χ0) is 12.4. The van der Waals surface area contributed by atoms with Crippen LogP contribution in [0.5, 0.6) is 0 Å². The summed E-state index contributed by atoms with van der Waals surface area (Å²) in [4.78, 5) is 4.64. The molecule has 0 aromatic heterocycles. The van der Waals surface area contributed by atoms with E-state index in [0.29, 0.717) is 12.1 Å². The number of benzene rings is 1. The molecule has 1 aliphatic heterocycles. The first-order chi connectivity index (χ1) is 8.09. The van der Waals surface area contributed by atoms with Crippen molar-refractivity contribution in [3.8, 4) is 0 Å². The largest absolute Gasteiger partial charge is 0.378 e. The summed E-state index contributed by atoms with van der Waals surface area (Å²) in [5.41, 5.74) is 2.58. The van der Waals surface area contributed by atoms with Gasteiger partial charge in [0.1, 0.15) is 0 Å². The summed E-state index contributed by atoms with van der Waals surface area (Å²) in [7, 11) is 4.15. The Morgan fingerprint density at radius 1 is 1.06 bits per heavy atom. The van der Waals surface area contributed by atoms with E-state index in [1.54, 1.807) is 0 Å². The first-order valence-electron chi connectivity index (χ1n) is 6.36. The molecule has 0 aliphatic carbocycles. The van der Waals surface area contributed by atoms with E-state index in [1.165, 1.54) is 11.4 Å². The molecule has 0 spiro atoms. The molecule has 94 valence electrons. The summed E-state index contributed by atoms with van der Waals surface area (Å²) in [5, 5.41) is 3.46. The summed E-state index contributed by atoms with van der Waals surface area (Å²) in [6.45, 7) is 6.70. The lowest BCUT2D eigenvalue weighted by molar-refractivity contribution is 0.432. The second-order valence-electron chi connectivity index (χ2n) is 5.17. The van der Waals surface area contributed by atoms with Gasteiger partial charge >= 0.3 is 0 Å². The molecule has 1 aromatic carbocycles. The van der Waals surface area contributed by atoms with E-state index < -0.39 is 0 Å². The Kier molecular flexibility index (Phi) is 3.57. The van der Waals surface area contributed by atoms with E-state index >= 15 is 0 Å². The first kappa shape index (κ1) is 12.2. The Labute approximate surface area is 104 Å². The number of hydrogen-bond acceptors (Lipinski definition) is 3. The average molecular weight is 233 g/mol. The molecule has 1 fully saturated rings. The second kappa shape index (κ2) is 4.96. The van der Waals surface area contributed by atoms with Crippen LogP contribution in [0.4, 0.5) is 11.4 Å². The number of nitrogens with zero attached hydrogens (tertiary/aromatic N) is 2. The highest BCUT2D eigenvalue weighted by molar-refractivity contribution is 5.57. The molecule has 1 N–H and O–H groups in total. The summed E-state index contributed by atoms with van der Waals surface area (Å²) in [5.74, 6) is 0. The highest BCUT2D eigenvalue weighted by Crippen LogP contribution is 2.24. The number of piperazine rings is 1. The number of rotatable bonds is 2. The third kappa shape index (κ3) is 2.55. The van der Waals surface area contributed by atoms with Crippen LogP contribution in [0, 0.1) is 0 Å². The van der Waals surface area contributed by atoms with Gasteiger partial charge in [-0.15, -0.1) is 0 Å². The highest BCUT2D eigenvalue weighted by Gasteiger charge is 2.24. The molecular weight excluding hydrogens is 210 g/mol. The summed E-state index contributed by atoms with van der Waals surface area (Å²) in [6, 6.07) is 9.96. The zero-order valence-corrected chi connectivity index (χ0v) is 11.3. The van der Waals surface area contributed by atoms with Gasteiger partial charge in [-0.25, -0.2) is 0 Å². The average Bonchev–Trinajstić information content (AvgIpc) is 2.29. The lowest BCUT2D eigenvalue weighted by Gasteiger charge is -2.41. The molecule has 3 nitrogen and oxygen atoms in total. The number of anilines is 2. The van der Waals surface area contributed by atoms with Crippen molar-refractivity contribution in [1.29, 1.82) is 0 Å². The molecule has 2 atom stereocenters. The van der Waals surface area contributed by atoms with Crippen LogP contribution in [0.2, 0.25) is 0 Å². The fourth-order valence-electron chi connectivity index (χ4n) is 2.56. The molecule has 1 heterocycles. The smallest absolute Gasteiger partial charge is 0.0389 e. The highest BCUT2D eigenvalue weighted by atomic mass is 15.2. The van der Waals surface area contributed by atoms with Gasteiger partial charge < -0.3 is 15.1 Å². The Morgan fingerprint density at radius 2 is 1.59 bits per heavy atom. The Bertz CT molecular complexity index is 348. The monoisotopic (exact) mass is 233 g/mol. The molecule has 0 bridgehead atoms. The summed E-state index contributed by atoms with van der Waals surface area (Å²) in [6.07, 6.45) is 0. The van der Waals surface area contributed by atoms with Gasteiger partial charge in [0.25, 0.3) is 0 Å². The minimum Gasteiger partial charge on any atom is -0.378 e. The fraction of sp³-hybridized carbons (Fsp3) is 0.571. The summed E-state index contributed by atoms with van der Waals surface area (Å²) >= 11 is 0. The van der Waals surface area contributed by atoms with Gasteiger partial charge in [-0.2, -0.15) is 0 Å².